The molecule has 4 fully saturated rings. The van der Waals surface area contributed by atoms with E-state index in [1.807, 2.05) is 6.08 Å². The molecule has 476 valence electrons. The summed E-state index contributed by atoms with van der Waals surface area (Å²) in [4.78, 5) is 13.7. The Balaban J connectivity index is 0.996. The second-order valence-corrected chi connectivity index (χ2v) is 29.5. The molecule has 0 spiro atoms. The van der Waals surface area contributed by atoms with E-state index in [0.29, 0.717) is 12.1 Å². The third-order valence-corrected chi connectivity index (χ3v) is 22.6. The number of para-hydroxylation sites is 5. The second-order valence-electron chi connectivity index (χ2n) is 29.5. The zero-order chi connectivity index (χ0) is 65.9. The molecular formula is C91H81B2N5. The molecule has 6 heterocycles. The third-order valence-electron chi connectivity index (χ3n) is 22.6. The Bertz CT molecular complexity index is 4950. The summed E-state index contributed by atoms with van der Waals surface area (Å²) in [6, 6.07) is 98.7. The minimum atomic E-state index is -0.270. The van der Waals surface area contributed by atoms with Gasteiger partial charge in [-0.05, 0) is 178 Å². The fraction of sp³-hybridized carbons (Fsp3) is 0.187. The number of hydrogen-bond donors (Lipinski definition) is 0. The SMILES string of the molecule is C=C/C=C\C(=C(C(C)/C=C\CC)N1c2ccccc2B2c3cc4c(cc3N(c3c(-c5ccccc5)cccc3-c3ccccc3)c3cc(C(C)(C)C)cc1c32)N(c1ccccc1)c1cc(N2C3CC5CC(C3)CC2C5)cc2c1B4c1ccccc1N2c1ccccc1)c1ccccc1. The summed E-state index contributed by atoms with van der Waals surface area (Å²) in [6.07, 6.45) is 18.6. The molecule has 1 atom stereocenters. The molecule has 5 nitrogen and oxygen atoms in total. The standard InChI is InChI=1S/C91H81B2N5/c1-7-9-31-60(3)89(72(42-10-8-2)63-32-16-11-17-33-63)97-80-48-29-27-46-76(80)93-78-58-77-81(59-82(78)98(84-55-66(91(4,5)6)54-83(97)87(84)93)90-73(64-34-18-12-19-35-64)43-30-44-74(90)65-36-20-13-21-37-65)96(68-40-24-15-25-41-68)86-57-71(94-69-50-61-49-62(52-69)53-70(94)51-61)56-85-88(86)92(77)75-45-26-28-47-79(75)95(85)67-38-22-14-23-39-67/h8-48,54-62,69-70H,2,7,49-53H2,1,3-6H3/b31-9-,42-10-,89-72?. The van der Waals surface area contributed by atoms with Gasteiger partial charge in [0, 0.05) is 103 Å². The highest BCUT2D eigenvalue weighted by Crippen LogP contribution is 2.56. The van der Waals surface area contributed by atoms with Crippen LogP contribution in [0, 0.1) is 17.8 Å². The van der Waals surface area contributed by atoms with Crippen molar-refractivity contribution in [2.75, 3.05) is 24.5 Å². The number of fused-ring (bicyclic) bond motifs is 8. The van der Waals surface area contributed by atoms with Gasteiger partial charge in [-0.3, -0.25) is 0 Å². The maximum absolute atomic E-state index is 4.26. The lowest BCUT2D eigenvalue weighted by Crippen LogP contribution is -2.65. The minimum absolute atomic E-state index is 0.0126. The third kappa shape index (κ3) is 9.65. The van der Waals surface area contributed by atoms with Crippen molar-refractivity contribution in [1.29, 1.82) is 0 Å². The van der Waals surface area contributed by atoms with Gasteiger partial charge in [-0.25, -0.2) is 0 Å². The van der Waals surface area contributed by atoms with Crippen LogP contribution in [0.1, 0.15) is 84.3 Å². The topological polar surface area (TPSA) is 16.2 Å². The maximum atomic E-state index is 4.26. The quantitative estimate of drug-likeness (QED) is 0.0648. The monoisotopic (exact) mass is 1270 g/mol. The molecule has 0 aromatic heterocycles. The molecule has 6 aliphatic heterocycles. The fourth-order valence-electron chi connectivity index (χ4n) is 18.7. The Morgan fingerprint density at radius 3 is 1.51 bits per heavy atom. The van der Waals surface area contributed by atoms with Crippen molar-refractivity contribution in [2.45, 2.75) is 90.6 Å². The molecule has 0 N–H and O–H groups in total. The molecule has 11 aromatic rings. The van der Waals surface area contributed by atoms with E-state index >= 15 is 0 Å². The van der Waals surface area contributed by atoms with E-state index in [1.54, 1.807) is 0 Å². The molecule has 19 rings (SSSR count). The first-order valence-electron chi connectivity index (χ1n) is 35.9. The van der Waals surface area contributed by atoms with Crippen molar-refractivity contribution in [1.82, 2.24) is 0 Å². The lowest BCUT2D eigenvalue weighted by Gasteiger charge is -2.58. The van der Waals surface area contributed by atoms with E-state index in [1.165, 1.54) is 155 Å². The molecule has 0 radical (unpaired) electrons. The van der Waals surface area contributed by atoms with Crippen molar-refractivity contribution < 1.29 is 0 Å². The van der Waals surface area contributed by atoms with E-state index < -0.39 is 0 Å². The largest absolute Gasteiger partial charge is 0.365 e. The number of allylic oxidation sites excluding steroid dienone is 6. The van der Waals surface area contributed by atoms with E-state index in [2.05, 4.69) is 345 Å². The van der Waals surface area contributed by atoms with E-state index in [0.717, 1.165) is 40.8 Å². The number of nitrogens with zero attached hydrogens (tertiary/aromatic N) is 5. The summed E-state index contributed by atoms with van der Waals surface area (Å²) in [7, 11) is 0. The van der Waals surface area contributed by atoms with Crippen LogP contribution in [0.25, 0.3) is 27.8 Å². The number of anilines is 12. The van der Waals surface area contributed by atoms with Crippen molar-refractivity contribution in [2.24, 2.45) is 17.8 Å². The number of rotatable bonds is 13. The van der Waals surface area contributed by atoms with Gasteiger partial charge < -0.3 is 24.5 Å². The van der Waals surface area contributed by atoms with Gasteiger partial charge in [-0.2, -0.15) is 0 Å². The van der Waals surface area contributed by atoms with Gasteiger partial charge in [0.15, 0.2) is 0 Å². The van der Waals surface area contributed by atoms with E-state index in [9.17, 15) is 0 Å². The number of benzene rings is 11. The van der Waals surface area contributed by atoms with E-state index in [-0.39, 0.29) is 24.8 Å². The second kappa shape index (κ2) is 24.0. The van der Waals surface area contributed by atoms with Crippen LogP contribution in [0.15, 0.2) is 297 Å². The van der Waals surface area contributed by atoms with Crippen LogP contribution >= 0.6 is 0 Å². The van der Waals surface area contributed by atoms with Crippen molar-refractivity contribution in [3.8, 4) is 22.3 Å². The Morgan fingerprint density at radius 2 is 0.949 bits per heavy atom. The first-order chi connectivity index (χ1) is 48.1. The molecule has 2 saturated heterocycles. The average molecular weight is 1270 g/mol. The summed E-state index contributed by atoms with van der Waals surface area (Å²) in [5, 5.41) is 0. The molecule has 8 aliphatic rings. The predicted octanol–water partition coefficient (Wildman–Crippen LogP) is 19.7. The summed E-state index contributed by atoms with van der Waals surface area (Å²) in [5.74, 6) is 1.64. The highest BCUT2D eigenvalue weighted by molar-refractivity contribution is 7.03. The van der Waals surface area contributed by atoms with Gasteiger partial charge in [0.2, 0.25) is 0 Å². The van der Waals surface area contributed by atoms with Gasteiger partial charge in [0.1, 0.15) is 0 Å². The Kier molecular flexibility index (Phi) is 14.7. The van der Waals surface area contributed by atoms with Gasteiger partial charge in [0.05, 0.1) is 5.69 Å². The zero-order valence-corrected chi connectivity index (χ0v) is 56.9. The van der Waals surface area contributed by atoms with Gasteiger partial charge in [-0.1, -0.05) is 260 Å². The molecule has 7 heteroatoms. The van der Waals surface area contributed by atoms with Gasteiger partial charge in [-0.15, -0.1) is 0 Å². The van der Waals surface area contributed by atoms with Crippen molar-refractivity contribution in [3.63, 3.8) is 0 Å². The smallest absolute Gasteiger partial charge is 0.252 e. The van der Waals surface area contributed by atoms with Gasteiger partial charge in [0.25, 0.3) is 13.4 Å². The van der Waals surface area contributed by atoms with Crippen LogP contribution in [0.3, 0.4) is 0 Å². The molecule has 2 aliphatic carbocycles. The predicted molar refractivity (Wildman–Crippen MR) is 419 cm³/mol. The first-order valence-corrected chi connectivity index (χ1v) is 35.9. The Labute approximate surface area is 580 Å². The summed E-state index contributed by atoms with van der Waals surface area (Å²) in [5.41, 5.74) is 31.5. The Morgan fingerprint density at radius 1 is 0.469 bits per heavy atom. The van der Waals surface area contributed by atoms with Crippen LogP contribution in [-0.2, 0) is 5.41 Å². The lowest BCUT2D eigenvalue weighted by atomic mass is 9.30. The molecule has 0 amide bonds. The minimum Gasteiger partial charge on any atom is -0.365 e. The molecule has 11 aromatic carbocycles. The molecule has 1 unspecified atom stereocenters. The summed E-state index contributed by atoms with van der Waals surface area (Å²) < 4.78 is 0. The molecule has 2 saturated carbocycles. The fourth-order valence-corrected chi connectivity index (χ4v) is 18.7. The summed E-state index contributed by atoms with van der Waals surface area (Å²) >= 11 is 0. The van der Waals surface area contributed by atoms with Crippen molar-refractivity contribution >= 4 is 120 Å². The highest BCUT2D eigenvalue weighted by Gasteiger charge is 2.52. The van der Waals surface area contributed by atoms with Crippen LogP contribution < -0.4 is 57.3 Å². The zero-order valence-electron chi connectivity index (χ0n) is 56.9. The van der Waals surface area contributed by atoms with Crippen LogP contribution in [-0.4, -0.2) is 25.5 Å². The first kappa shape index (κ1) is 60.0. The van der Waals surface area contributed by atoms with Gasteiger partial charge >= 0.3 is 0 Å². The summed E-state index contributed by atoms with van der Waals surface area (Å²) in [6.45, 7) is 15.8. The van der Waals surface area contributed by atoms with Crippen LogP contribution in [0.2, 0.25) is 0 Å². The molecular weight excluding hydrogens is 1180 g/mol. The lowest BCUT2D eigenvalue weighted by molar-refractivity contribution is 0.0900. The number of hydrogen-bond acceptors (Lipinski definition) is 5. The van der Waals surface area contributed by atoms with Crippen LogP contribution in [0.4, 0.5) is 68.2 Å². The van der Waals surface area contributed by atoms with Crippen molar-refractivity contribution in [3.05, 3.63) is 309 Å². The molecule has 4 bridgehead atoms. The Hall–Kier alpha value is -10.5. The molecule has 98 heavy (non-hydrogen) atoms. The van der Waals surface area contributed by atoms with E-state index in [4.69, 9.17) is 0 Å². The highest BCUT2D eigenvalue weighted by atomic mass is 15.2. The normalized spacial score (nSPS) is 18.8. The number of piperidine rings is 2. The van der Waals surface area contributed by atoms with Crippen LogP contribution in [0.5, 0.6) is 0 Å². The maximum Gasteiger partial charge on any atom is 0.252 e. The average Bonchev–Trinajstić information content (AvgIpc) is 0.682.